The Bertz CT molecular complexity index is 1120. The van der Waals surface area contributed by atoms with Crippen LogP contribution in [0.25, 0.3) is 10.1 Å². The van der Waals surface area contributed by atoms with E-state index < -0.39 is 11.6 Å². The molecule has 0 radical (unpaired) electrons. The zero-order valence-corrected chi connectivity index (χ0v) is 17.4. The van der Waals surface area contributed by atoms with Crippen LogP contribution >= 0.6 is 23.1 Å². The predicted octanol–water partition coefficient (Wildman–Crippen LogP) is 4.91. The summed E-state index contributed by atoms with van der Waals surface area (Å²) in [6.45, 7) is 1.39. The molecule has 0 saturated heterocycles. The van der Waals surface area contributed by atoms with E-state index in [2.05, 4.69) is 0 Å². The highest BCUT2D eigenvalue weighted by atomic mass is 32.2. The number of hydrogen-bond donors (Lipinski definition) is 1. The van der Waals surface area contributed by atoms with Gasteiger partial charge in [0.15, 0.2) is 16.3 Å². The summed E-state index contributed by atoms with van der Waals surface area (Å²) in [5, 5.41) is 9.20. The Morgan fingerprint density at radius 3 is 2.28 bits per heavy atom. The van der Waals surface area contributed by atoms with Crippen molar-refractivity contribution in [3.63, 3.8) is 0 Å². The summed E-state index contributed by atoms with van der Waals surface area (Å²) in [6.07, 6.45) is 0. The molecule has 3 aromatic rings. The average Bonchev–Trinajstić information content (AvgIpc) is 2.61. The van der Waals surface area contributed by atoms with Gasteiger partial charge in [0.1, 0.15) is 11.6 Å². The van der Waals surface area contributed by atoms with Crippen LogP contribution in [-0.4, -0.2) is 35.1 Å². The number of carbonyl (C=O) groups excluding carboxylic acids is 2. The van der Waals surface area contributed by atoms with Crippen molar-refractivity contribution in [2.75, 3.05) is 14.1 Å². The number of fused-ring (bicyclic) bond motifs is 1. The molecule has 0 fully saturated rings. The van der Waals surface area contributed by atoms with Gasteiger partial charge in [-0.05, 0) is 55.1 Å². The lowest BCUT2D eigenvalue weighted by molar-refractivity contribution is 0.101. The fourth-order valence-corrected chi connectivity index (χ4v) is 3.88. The molecular weight excluding hydrogens is 420 g/mol. The molecule has 5 nitrogen and oxygen atoms in total. The quantitative estimate of drug-likeness (QED) is 0.456. The maximum atomic E-state index is 13.0. The lowest BCUT2D eigenvalue weighted by Crippen LogP contribution is -2.16. The number of thioether (sulfide) groups is 1. The molecule has 3 rings (SSSR count). The predicted molar refractivity (Wildman–Crippen MR) is 111 cm³/mol. The number of aromatic hydroxyl groups is 1. The third-order valence-corrected chi connectivity index (χ3v) is 5.55. The summed E-state index contributed by atoms with van der Waals surface area (Å²) in [5.74, 6) is -1.05. The normalized spacial score (nSPS) is 10.2. The topological polar surface area (TPSA) is 74.7 Å². The van der Waals surface area contributed by atoms with E-state index in [1.165, 1.54) is 48.2 Å². The summed E-state index contributed by atoms with van der Waals surface area (Å²) >= 11 is 1.83. The molecule has 2 aromatic carbocycles. The second-order valence-electron chi connectivity index (χ2n) is 6.05. The van der Waals surface area contributed by atoms with Crippen molar-refractivity contribution >= 4 is 44.2 Å². The lowest BCUT2D eigenvalue weighted by atomic mass is 10.1. The van der Waals surface area contributed by atoms with Crippen LogP contribution in [-0.2, 0) is 0 Å². The fourth-order valence-electron chi connectivity index (χ4n) is 2.17. The molecule has 1 heterocycles. The molecule has 1 aromatic heterocycles. The number of rotatable bonds is 2. The van der Waals surface area contributed by atoms with Gasteiger partial charge in [-0.15, -0.1) is 0 Å². The Labute approximate surface area is 173 Å². The molecule has 1 N–H and O–H groups in total. The van der Waals surface area contributed by atoms with Crippen LogP contribution in [0.4, 0.5) is 13.6 Å². The van der Waals surface area contributed by atoms with Crippen molar-refractivity contribution in [2.45, 2.75) is 11.8 Å². The Morgan fingerprint density at radius 1 is 1.03 bits per heavy atom. The second-order valence-corrected chi connectivity index (χ2v) is 8.10. The molecule has 0 unspecified atom stereocenters. The Hall–Kier alpha value is -2.78. The minimum Gasteiger partial charge on any atom is -0.499 e. The van der Waals surface area contributed by atoms with E-state index in [0.29, 0.717) is 20.5 Å². The van der Waals surface area contributed by atoms with Crippen molar-refractivity contribution in [1.82, 2.24) is 4.90 Å². The summed E-state index contributed by atoms with van der Waals surface area (Å²) in [7, 11) is 3.20. The van der Waals surface area contributed by atoms with Crippen LogP contribution in [0.2, 0.25) is 0 Å². The summed E-state index contributed by atoms with van der Waals surface area (Å²) in [5.41, 5.74) is 0.0767. The van der Waals surface area contributed by atoms with Gasteiger partial charge < -0.3 is 10.0 Å². The highest BCUT2D eigenvalue weighted by Gasteiger charge is 2.14. The third-order valence-electron chi connectivity index (χ3n) is 3.56. The van der Waals surface area contributed by atoms with Crippen LogP contribution in [0.1, 0.15) is 17.3 Å². The third kappa shape index (κ3) is 6.10. The van der Waals surface area contributed by atoms with E-state index >= 15 is 0 Å². The number of amides is 1. The van der Waals surface area contributed by atoms with Crippen molar-refractivity contribution in [2.24, 2.45) is 0 Å². The van der Waals surface area contributed by atoms with Crippen molar-refractivity contribution in [3.05, 3.63) is 69.9 Å². The first-order valence-corrected chi connectivity index (χ1v) is 9.83. The first kappa shape index (κ1) is 22.5. The highest BCUT2D eigenvalue weighted by molar-refractivity contribution is 8.13. The second kappa shape index (κ2) is 9.62. The number of ketones is 1. The molecule has 0 saturated carbocycles. The van der Waals surface area contributed by atoms with Gasteiger partial charge in [-0.2, -0.15) is 0 Å². The number of carbonyl (C=O) groups is 2. The van der Waals surface area contributed by atoms with Crippen LogP contribution in [0.15, 0.2) is 52.2 Å². The first-order chi connectivity index (χ1) is 13.6. The zero-order chi connectivity index (χ0) is 21.7. The van der Waals surface area contributed by atoms with E-state index in [1.54, 1.807) is 14.1 Å². The number of halogens is 2. The maximum absolute atomic E-state index is 13.0. The van der Waals surface area contributed by atoms with Gasteiger partial charge in [-0.3, -0.25) is 14.4 Å². The summed E-state index contributed by atoms with van der Waals surface area (Å²) in [4.78, 5) is 35.7. The smallest absolute Gasteiger partial charge is 0.285 e. The molecule has 0 aliphatic heterocycles. The molecule has 29 heavy (non-hydrogen) atoms. The van der Waals surface area contributed by atoms with Gasteiger partial charge in [-0.25, -0.2) is 8.78 Å². The highest BCUT2D eigenvalue weighted by Crippen LogP contribution is 2.26. The molecule has 152 valence electrons. The average molecular weight is 437 g/mol. The van der Waals surface area contributed by atoms with E-state index in [0.717, 1.165) is 29.2 Å². The number of hydrogen-bond acceptors (Lipinski definition) is 6. The molecule has 1 amide bonds. The molecule has 0 aliphatic rings. The Balaban J connectivity index is 0.000000211. The minimum absolute atomic E-state index is 0.0944. The van der Waals surface area contributed by atoms with E-state index in [9.17, 15) is 23.2 Å². The zero-order valence-electron chi connectivity index (χ0n) is 15.7. The van der Waals surface area contributed by atoms with Gasteiger partial charge in [0.2, 0.25) is 0 Å². The summed E-state index contributed by atoms with van der Waals surface area (Å²) < 4.78 is 26.2. The molecular formula is C20H17F2NO4S2. The molecule has 0 bridgehead atoms. The van der Waals surface area contributed by atoms with E-state index in [-0.39, 0.29) is 21.5 Å². The van der Waals surface area contributed by atoms with Crippen LogP contribution in [0.3, 0.4) is 0 Å². The van der Waals surface area contributed by atoms with Crippen LogP contribution in [0, 0.1) is 11.6 Å². The maximum Gasteiger partial charge on any atom is 0.285 e. The van der Waals surface area contributed by atoms with Crippen molar-refractivity contribution in [1.29, 1.82) is 0 Å². The largest absolute Gasteiger partial charge is 0.499 e. The van der Waals surface area contributed by atoms with Crippen molar-refractivity contribution < 1.29 is 23.5 Å². The molecule has 0 aliphatic carbocycles. The van der Waals surface area contributed by atoms with E-state index in [4.69, 9.17) is 5.11 Å². The van der Waals surface area contributed by atoms with Gasteiger partial charge >= 0.3 is 0 Å². The molecule has 0 spiro atoms. The monoisotopic (exact) mass is 437 g/mol. The van der Waals surface area contributed by atoms with Crippen molar-refractivity contribution in [3.8, 4) is 5.06 Å². The fraction of sp³-hybridized carbons (Fsp3) is 0.150. The van der Waals surface area contributed by atoms with Gasteiger partial charge in [0, 0.05) is 40.7 Å². The van der Waals surface area contributed by atoms with Gasteiger partial charge in [0.05, 0.1) is 0 Å². The van der Waals surface area contributed by atoms with Gasteiger partial charge in [0.25, 0.3) is 5.24 Å². The SMILES string of the molecule is CC(=O)c1ccc(F)cc1SC(=O)N(C)C.O=c1cc(O)sc2cc(F)ccc12. The van der Waals surface area contributed by atoms with Gasteiger partial charge in [-0.1, -0.05) is 11.3 Å². The Morgan fingerprint density at radius 2 is 1.66 bits per heavy atom. The molecule has 9 heteroatoms. The molecule has 0 atom stereocenters. The van der Waals surface area contributed by atoms with Crippen LogP contribution < -0.4 is 5.43 Å². The summed E-state index contributed by atoms with van der Waals surface area (Å²) in [6, 6.07) is 8.81. The Kier molecular flexibility index (Phi) is 7.46. The van der Waals surface area contributed by atoms with Crippen LogP contribution in [0.5, 0.6) is 5.06 Å². The number of Topliss-reactive ketones (excluding diaryl/α,β-unsaturated/α-hetero) is 1. The number of nitrogens with zero attached hydrogens (tertiary/aromatic N) is 1. The van der Waals surface area contributed by atoms with E-state index in [1.807, 2.05) is 0 Å². The number of benzene rings is 2. The minimum atomic E-state index is -0.459. The standard InChI is InChI=1S/C11H12FNO2S.C9H5FO2S/c1-7(14)9-5-4-8(12)6-10(9)16-11(15)13(2)3;10-5-1-2-6-7(11)4-9(12)13-8(6)3-5/h4-6H,1-3H3;1-4,12H. The lowest BCUT2D eigenvalue weighted by Gasteiger charge is -2.11. The first-order valence-electron chi connectivity index (χ1n) is 8.20.